The van der Waals surface area contributed by atoms with E-state index >= 15 is 0 Å². The van der Waals surface area contributed by atoms with E-state index < -0.39 is 0 Å². The van der Waals surface area contributed by atoms with Crippen LogP contribution < -0.4 is 10.6 Å². The average Bonchev–Trinajstić information content (AvgIpc) is 3.26. The van der Waals surface area contributed by atoms with E-state index in [0.717, 1.165) is 28.5 Å². The molecule has 0 spiro atoms. The van der Waals surface area contributed by atoms with Crippen LogP contribution in [0.3, 0.4) is 0 Å². The van der Waals surface area contributed by atoms with Gasteiger partial charge in [0.25, 0.3) is 0 Å². The lowest BCUT2D eigenvalue weighted by Gasteiger charge is -2.09. The van der Waals surface area contributed by atoms with Crippen LogP contribution >= 0.6 is 11.3 Å². The number of rotatable bonds is 6. The number of aryl methyl sites for hydroxylation is 1. The fraction of sp³-hybridized carbons (Fsp3) is 0.250. The van der Waals surface area contributed by atoms with Gasteiger partial charge in [0, 0.05) is 42.3 Å². The number of anilines is 1. The number of hydrogen-bond acceptors (Lipinski definition) is 5. The van der Waals surface area contributed by atoms with Gasteiger partial charge in [-0.15, -0.1) is 21.5 Å². The van der Waals surface area contributed by atoms with Crippen molar-refractivity contribution in [1.82, 2.24) is 25.1 Å². The molecule has 124 valence electrons. The van der Waals surface area contributed by atoms with Crippen LogP contribution in [0, 0.1) is 0 Å². The number of nitrogens with one attached hydrogen (secondary N) is 2. The first kappa shape index (κ1) is 16.1. The smallest absolute Gasteiger partial charge is 0.319 e. The summed E-state index contributed by atoms with van der Waals surface area (Å²) in [5, 5.41) is 16.4. The minimum Gasteiger partial charge on any atom is -0.336 e. The van der Waals surface area contributed by atoms with Crippen molar-refractivity contribution in [3.63, 3.8) is 0 Å². The molecule has 2 heterocycles. The number of benzene rings is 1. The Hall–Kier alpha value is -2.74. The highest BCUT2D eigenvalue weighted by atomic mass is 32.1. The molecule has 0 unspecified atom stereocenters. The Kier molecular flexibility index (Phi) is 5.17. The van der Waals surface area contributed by atoms with E-state index in [1.54, 1.807) is 23.9 Å². The summed E-state index contributed by atoms with van der Waals surface area (Å²) in [6, 6.07) is 7.40. The van der Waals surface area contributed by atoms with E-state index in [1.165, 1.54) is 0 Å². The molecule has 0 saturated carbocycles. The van der Waals surface area contributed by atoms with Crippen LogP contribution in [0.15, 0.2) is 42.2 Å². The normalized spacial score (nSPS) is 10.5. The highest BCUT2D eigenvalue weighted by Gasteiger charge is 2.06. The second-order valence-corrected chi connectivity index (χ2v) is 5.99. The number of urea groups is 1. The molecule has 2 N–H and O–H groups in total. The molecule has 0 radical (unpaired) electrons. The second kappa shape index (κ2) is 7.69. The van der Waals surface area contributed by atoms with Gasteiger partial charge < -0.3 is 15.2 Å². The van der Waals surface area contributed by atoms with Crippen LogP contribution in [-0.4, -0.2) is 32.3 Å². The predicted molar refractivity (Wildman–Crippen MR) is 94.0 cm³/mol. The largest absolute Gasteiger partial charge is 0.336 e. The molecule has 0 saturated heterocycles. The minimum absolute atomic E-state index is 0.239. The number of aromatic nitrogens is 4. The lowest BCUT2D eigenvalue weighted by atomic mass is 10.2. The first-order valence-corrected chi connectivity index (χ1v) is 8.55. The van der Waals surface area contributed by atoms with Crippen LogP contribution in [0.4, 0.5) is 10.5 Å². The topological polar surface area (TPSA) is 84.7 Å². The van der Waals surface area contributed by atoms with E-state index in [4.69, 9.17) is 0 Å². The number of carbonyl (C=O) groups is 1. The van der Waals surface area contributed by atoms with Crippen LogP contribution in [0.2, 0.25) is 0 Å². The molecule has 0 bridgehead atoms. The quantitative estimate of drug-likeness (QED) is 0.721. The Bertz CT molecular complexity index is 799. The molecule has 7 nitrogen and oxygen atoms in total. The SMILES string of the molecule is CCc1nncn1CCNC(=O)Nc1cccc(-c2nccs2)c1. The van der Waals surface area contributed by atoms with Crippen molar-refractivity contribution in [1.29, 1.82) is 0 Å². The standard InChI is InChI=1S/C16H18N6OS/c1-2-14-21-19-11-22(14)8-6-18-16(23)20-13-5-3-4-12(10-13)15-17-7-9-24-15/h3-5,7,9-11H,2,6,8H2,1H3,(H2,18,20,23). The molecule has 0 fully saturated rings. The monoisotopic (exact) mass is 342 g/mol. The predicted octanol–water partition coefficient (Wildman–Crippen LogP) is 2.79. The molecule has 3 aromatic rings. The zero-order valence-electron chi connectivity index (χ0n) is 13.3. The van der Waals surface area contributed by atoms with Gasteiger partial charge in [0.1, 0.15) is 17.2 Å². The summed E-state index contributed by atoms with van der Waals surface area (Å²) in [6.45, 7) is 3.17. The summed E-state index contributed by atoms with van der Waals surface area (Å²) in [6.07, 6.45) is 4.26. The summed E-state index contributed by atoms with van der Waals surface area (Å²) in [4.78, 5) is 16.3. The Morgan fingerprint density at radius 3 is 3.08 bits per heavy atom. The Morgan fingerprint density at radius 1 is 1.38 bits per heavy atom. The van der Waals surface area contributed by atoms with Gasteiger partial charge in [-0.05, 0) is 12.1 Å². The molecule has 2 amide bonds. The van der Waals surface area contributed by atoms with E-state index in [-0.39, 0.29) is 6.03 Å². The number of hydrogen-bond donors (Lipinski definition) is 2. The minimum atomic E-state index is -0.239. The van der Waals surface area contributed by atoms with E-state index in [0.29, 0.717) is 13.1 Å². The summed E-state index contributed by atoms with van der Waals surface area (Å²) in [5.41, 5.74) is 1.72. The van der Waals surface area contributed by atoms with Gasteiger partial charge in [-0.1, -0.05) is 19.1 Å². The van der Waals surface area contributed by atoms with Gasteiger partial charge in [-0.2, -0.15) is 0 Å². The molecule has 3 rings (SSSR count). The summed E-state index contributed by atoms with van der Waals surface area (Å²) in [7, 11) is 0. The highest BCUT2D eigenvalue weighted by molar-refractivity contribution is 7.13. The van der Waals surface area contributed by atoms with Gasteiger partial charge in [0.15, 0.2) is 0 Å². The molecule has 0 aliphatic carbocycles. The Labute approximate surface area is 143 Å². The van der Waals surface area contributed by atoms with Crippen molar-refractivity contribution in [3.8, 4) is 10.6 Å². The van der Waals surface area contributed by atoms with Crippen molar-refractivity contribution in [2.45, 2.75) is 19.9 Å². The maximum absolute atomic E-state index is 12.0. The third-order valence-corrected chi connectivity index (χ3v) is 4.27. The van der Waals surface area contributed by atoms with Crippen LogP contribution in [-0.2, 0) is 13.0 Å². The summed E-state index contributed by atoms with van der Waals surface area (Å²) < 4.78 is 1.93. The molecule has 2 aromatic heterocycles. The van der Waals surface area contributed by atoms with Crippen molar-refractivity contribution in [3.05, 3.63) is 48.0 Å². The van der Waals surface area contributed by atoms with E-state index in [9.17, 15) is 4.79 Å². The lowest BCUT2D eigenvalue weighted by molar-refractivity contribution is 0.251. The third kappa shape index (κ3) is 3.96. The molecule has 0 atom stereocenters. The van der Waals surface area contributed by atoms with Crippen molar-refractivity contribution in [2.24, 2.45) is 0 Å². The van der Waals surface area contributed by atoms with E-state index in [2.05, 4.69) is 25.8 Å². The molecule has 0 aliphatic rings. The number of amides is 2. The van der Waals surface area contributed by atoms with Crippen molar-refractivity contribution >= 4 is 23.1 Å². The van der Waals surface area contributed by atoms with Crippen LogP contribution in [0.1, 0.15) is 12.7 Å². The second-order valence-electron chi connectivity index (χ2n) is 5.09. The Balaban J connectivity index is 1.53. The van der Waals surface area contributed by atoms with Gasteiger partial charge in [-0.3, -0.25) is 0 Å². The molecule has 0 aliphatic heterocycles. The van der Waals surface area contributed by atoms with Crippen molar-refractivity contribution < 1.29 is 4.79 Å². The molecule has 24 heavy (non-hydrogen) atoms. The fourth-order valence-corrected chi connectivity index (χ4v) is 2.94. The lowest BCUT2D eigenvalue weighted by Crippen LogP contribution is -2.31. The van der Waals surface area contributed by atoms with Gasteiger partial charge in [0.2, 0.25) is 0 Å². The van der Waals surface area contributed by atoms with E-state index in [1.807, 2.05) is 41.1 Å². The first-order valence-electron chi connectivity index (χ1n) is 7.67. The number of nitrogens with zero attached hydrogens (tertiary/aromatic N) is 4. The summed E-state index contributed by atoms with van der Waals surface area (Å²) in [5.74, 6) is 0.911. The van der Waals surface area contributed by atoms with Gasteiger partial charge in [0.05, 0.1) is 0 Å². The molecular weight excluding hydrogens is 324 g/mol. The highest BCUT2D eigenvalue weighted by Crippen LogP contribution is 2.24. The van der Waals surface area contributed by atoms with Gasteiger partial charge in [-0.25, -0.2) is 9.78 Å². The first-order chi connectivity index (χ1) is 11.8. The van der Waals surface area contributed by atoms with Crippen LogP contribution in [0.25, 0.3) is 10.6 Å². The Morgan fingerprint density at radius 2 is 2.29 bits per heavy atom. The van der Waals surface area contributed by atoms with Crippen molar-refractivity contribution in [2.75, 3.05) is 11.9 Å². The summed E-state index contributed by atoms with van der Waals surface area (Å²) >= 11 is 1.57. The zero-order valence-corrected chi connectivity index (χ0v) is 14.1. The average molecular weight is 342 g/mol. The maximum atomic E-state index is 12.0. The number of thiazole rings is 1. The van der Waals surface area contributed by atoms with Crippen LogP contribution in [0.5, 0.6) is 0 Å². The van der Waals surface area contributed by atoms with Gasteiger partial charge >= 0.3 is 6.03 Å². The third-order valence-electron chi connectivity index (χ3n) is 3.45. The molecular formula is C16H18N6OS. The fourth-order valence-electron chi connectivity index (χ4n) is 2.30. The zero-order chi connectivity index (χ0) is 16.8. The molecule has 8 heteroatoms. The maximum Gasteiger partial charge on any atom is 0.319 e. The molecule has 1 aromatic carbocycles. The number of carbonyl (C=O) groups excluding carboxylic acids is 1.